The molecule has 27 heavy (non-hydrogen) atoms. The van der Waals surface area contributed by atoms with Gasteiger partial charge in [0, 0.05) is 23.9 Å². The number of ether oxygens (including phenoxy) is 1. The van der Waals surface area contributed by atoms with Crippen molar-refractivity contribution >= 4 is 5.91 Å². The third kappa shape index (κ3) is 4.44. The summed E-state index contributed by atoms with van der Waals surface area (Å²) in [7, 11) is 1.69. The van der Waals surface area contributed by atoms with Gasteiger partial charge in [-0.2, -0.15) is 0 Å². The summed E-state index contributed by atoms with van der Waals surface area (Å²) in [6, 6.07) is 18.3. The highest BCUT2D eigenvalue weighted by atomic mass is 16.5. The van der Waals surface area contributed by atoms with Crippen LogP contribution in [-0.2, 0) is 6.54 Å². The van der Waals surface area contributed by atoms with E-state index in [4.69, 9.17) is 4.74 Å². The van der Waals surface area contributed by atoms with Crippen LogP contribution in [0.2, 0.25) is 0 Å². The van der Waals surface area contributed by atoms with Crippen LogP contribution in [0.3, 0.4) is 0 Å². The van der Waals surface area contributed by atoms with Crippen molar-refractivity contribution < 1.29 is 9.53 Å². The predicted octanol–water partition coefficient (Wildman–Crippen LogP) is 4.06. The van der Waals surface area contributed by atoms with Gasteiger partial charge < -0.3 is 14.6 Å². The maximum absolute atomic E-state index is 12.7. The minimum absolute atomic E-state index is 0.152. The summed E-state index contributed by atoms with van der Waals surface area (Å²) >= 11 is 0. The molecule has 0 atom stereocenters. The Morgan fingerprint density at radius 2 is 1.63 bits per heavy atom. The van der Waals surface area contributed by atoms with Gasteiger partial charge in [0.1, 0.15) is 11.5 Å². The fraction of sp³-hybridized carbons (Fsp3) is 0.182. The maximum Gasteiger partial charge on any atom is 0.253 e. The van der Waals surface area contributed by atoms with Gasteiger partial charge in [0.25, 0.3) is 11.5 Å². The molecule has 1 heterocycles. The van der Waals surface area contributed by atoms with Crippen molar-refractivity contribution in [2.45, 2.75) is 20.4 Å². The number of hydrogen-bond donors (Lipinski definition) is 1. The molecule has 0 aliphatic rings. The molecule has 2 aromatic carbocycles. The third-order valence-electron chi connectivity index (χ3n) is 4.32. The van der Waals surface area contributed by atoms with E-state index in [2.05, 4.69) is 4.98 Å². The average molecular weight is 362 g/mol. The van der Waals surface area contributed by atoms with Crippen molar-refractivity contribution in [1.29, 1.82) is 0 Å². The first-order chi connectivity index (χ1) is 12.9. The number of para-hydroxylation sites is 1. The number of nitrogens with one attached hydrogen (secondary N) is 1. The molecule has 0 aliphatic heterocycles. The highest BCUT2D eigenvalue weighted by Crippen LogP contribution is 2.21. The van der Waals surface area contributed by atoms with Gasteiger partial charge in [-0.25, -0.2) is 0 Å². The van der Waals surface area contributed by atoms with Crippen molar-refractivity contribution in [2.24, 2.45) is 0 Å². The number of carbonyl (C=O) groups excluding carboxylic acids is 1. The van der Waals surface area contributed by atoms with E-state index in [0.717, 1.165) is 17.0 Å². The van der Waals surface area contributed by atoms with E-state index < -0.39 is 0 Å². The first-order valence-electron chi connectivity index (χ1n) is 8.72. The Balaban J connectivity index is 1.71. The van der Waals surface area contributed by atoms with Gasteiger partial charge in [-0.15, -0.1) is 0 Å². The Bertz CT molecular complexity index is 992. The summed E-state index contributed by atoms with van der Waals surface area (Å²) in [4.78, 5) is 29.2. The molecule has 0 aliphatic carbocycles. The van der Waals surface area contributed by atoms with Crippen LogP contribution < -0.4 is 10.3 Å². The molecule has 0 bridgehead atoms. The summed E-state index contributed by atoms with van der Waals surface area (Å²) in [6.45, 7) is 3.97. The lowest BCUT2D eigenvalue weighted by atomic mass is 10.1. The van der Waals surface area contributed by atoms with E-state index in [-0.39, 0.29) is 18.0 Å². The minimum atomic E-state index is -0.154. The van der Waals surface area contributed by atoms with Gasteiger partial charge in [0.2, 0.25) is 0 Å². The number of hydrogen-bond acceptors (Lipinski definition) is 3. The van der Waals surface area contributed by atoms with Crippen molar-refractivity contribution in [3.05, 3.63) is 93.4 Å². The molecule has 0 spiro atoms. The third-order valence-corrected chi connectivity index (χ3v) is 4.32. The van der Waals surface area contributed by atoms with Gasteiger partial charge in [0.05, 0.1) is 6.54 Å². The van der Waals surface area contributed by atoms with Crippen molar-refractivity contribution in [3.63, 3.8) is 0 Å². The molecule has 1 N–H and O–H groups in total. The number of H-pyrrole nitrogens is 1. The van der Waals surface area contributed by atoms with Crippen LogP contribution in [0.1, 0.15) is 27.2 Å². The Morgan fingerprint density at radius 3 is 2.26 bits per heavy atom. The zero-order valence-corrected chi connectivity index (χ0v) is 15.7. The maximum atomic E-state index is 12.7. The standard InChI is InChI=1S/C22H22N2O3/c1-15-13-16(2)23-21(25)20(15)14-24(3)22(26)17-9-11-19(12-10-17)27-18-7-5-4-6-8-18/h4-13H,14H2,1-3H3,(H,23,25). The Kier molecular flexibility index (Phi) is 5.41. The van der Waals surface area contributed by atoms with E-state index >= 15 is 0 Å². The molecule has 0 radical (unpaired) electrons. The Morgan fingerprint density at radius 1 is 1.00 bits per heavy atom. The average Bonchev–Trinajstić information content (AvgIpc) is 2.65. The van der Waals surface area contributed by atoms with E-state index in [0.29, 0.717) is 16.9 Å². The fourth-order valence-corrected chi connectivity index (χ4v) is 2.90. The molecule has 0 saturated carbocycles. The number of aryl methyl sites for hydroxylation is 2. The first-order valence-corrected chi connectivity index (χ1v) is 8.72. The predicted molar refractivity (Wildman–Crippen MR) is 105 cm³/mol. The number of carbonyl (C=O) groups is 1. The van der Waals surface area contributed by atoms with Gasteiger partial charge in [0.15, 0.2) is 0 Å². The second kappa shape index (κ2) is 7.91. The zero-order valence-electron chi connectivity index (χ0n) is 15.7. The van der Waals surface area contributed by atoms with Crippen molar-refractivity contribution in [3.8, 4) is 11.5 Å². The van der Waals surface area contributed by atoms with E-state index in [9.17, 15) is 9.59 Å². The summed E-state index contributed by atoms with van der Waals surface area (Å²) in [6.07, 6.45) is 0. The zero-order chi connectivity index (χ0) is 19.4. The van der Waals surface area contributed by atoms with E-state index in [1.165, 1.54) is 0 Å². The molecular weight excluding hydrogens is 340 g/mol. The van der Waals surface area contributed by atoms with E-state index in [1.54, 1.807) is 36.2 Å². The van der Waals surface area contributed by atoms with Crippen LogP contribution >= 0.6 is 0 Å². The lowest BCUT2D eigenvalue weighted by Crippen LogP contribution is -2.30. The topological polar surface area (TPSA) is 62.4 Å². The van der Waals surface area contributed by atoms with Gasteiger partial charge >= 0.3 is 0 Å². The SMILES string of the molecule is Cc1cc(C)c(CN(C)C(=O)c2ccc(Oc3ccccc3)cc2)c(=O)[nH]1. The van der Waals surface area contributed by atoms with Crippen LogP contribution in [0.15, 0.2) is 65.5 Å². The molecule has 0 unspecified atom stereocenters. The number of pyridine rings is 1. The molecular formula is C22H22N2O3. The summed E-state index contributed by atoms with van der Waals surface area (Å²) < 4.78 is 5.74. The van der Waals surface area contributed by atoms with Gasteiger partial charge in [-0.05, 0) is 61.9 Å². The highest BCUT2D eigenvalue weighted by Gasteiger charge is 2.15. The first kappa shape index (κ1) is 18.5. The Hall–Kier alpha value is -3.34. The second-order valence-corrected chi connectivity index (χ2v) is 6.54. The lowest BCUT2D eigenvalue weighted by molar-refractivity contribution is 0.0784. The second-order valence-electron chi connectivity index (χ2n) is 6.54. The number of aromatic amines is 1. The summed E-state index contributed by atoms with van der Waals surface area (Å²) in [5, 5.41) is 0. The van der Waals surface area contributed by atoms with Crippen LogP contribution in [0.5, 0.6) is 11.5 Å². The molecule has 3 aromatic rings. The largest absolute Gasteiger partial charge is 0.457 e. The summed E-state index contributed by atoms with van der Waals surface area (Å²) in [5.74, 6) is 1.25. The molecule has 0 fully saturated rings. The Labute approximate surface area is 158 Å². The highest BCUT2D eigenvalue weighted by molar-refractivity contribution is 5.94. The molecule has 1 aromatic heterocycles. The van der Waals surface area contributed by atoms with Crippen LogP contribution in [0, 0.1) is 13.8 Å². The van der Waals surface area contributed by atoms with Crippen molar-refractivity contribution in [1.82, 2.24) is 9.88 Å². The molecule has 5 nitrogen and oxygen atoms in total. The minimum Gasteiger partial charge on any atom is -0.457 e. The van der Waals surface area contributed by atoms with Crippen LogP contribution in [0.25, 0.3) is 0 Å². The number of benzene rings is 2. The summed E-state index contributed by atoms with van der Waals surface area (Å²) in [5.41, 5.74) is 2.67. The quantitative estimate of drug-likeness (QED) is 0.745. The molecule has 1 amide bonds. The van der Waals surface area contributed by atoms with Crippen LogP contribution in [-0.4, -0.2) is 22.8 Å². The number of amides is 1. The monoisotopic (exact) mass is 362 g/mol. The van der Waals surface area contributed by atoms with E-state index in [1.807, 2.05) is 50.2 Å². The molecule has 138 valence electrons. The smallest absolute Gasteiger partial charge is 0.253 e. The lowest BCUT2D eigenvalue weighted by Gasteiger charge is -2.18. The number of nitrogens with zero attached hydrogens (tertiary/aromatic N) is 1. The van der Waals surface area contributed by atoms with Gasteiger partial charge in [-0.1, -0.05) is 18.2 Å². The molecule has 5 heteroatoms. The number of rotatable bonds is 5. The normalized spacial score (nSPS) is 10.5. The van der Waals surface area contributed by atoms with Gasteiger partial charge in [-0.3, -0.25) is 9.59 Å². The van der Waals surface area contributed by atoms with Crippen LogP contribution in [0.4, 0.5) is 0 Å². The molecule has 3 rings (SSSR count). The molecule has 0 saturated heterocycles. The fourth-order valence-electron chi connectivity index (χ4n) is 2.90. The van der Waals surface area contributed by atoms with Crippen molar-refractivity contribution in [2.75, 3.05) is 7.05 Å². The number of aromatic nitrogens is 1.